The summed E-state index contributed by atoms with van der Waals surface area (Å²) < 4.78 is 4.21. The Kier molecular flexibility index (Phi) is 21.3. The Morgan fingerprint density at radius 1 is 1.05 bits per heavy atom. The number of hydrogen-bond acceptors (Lipinski definition) is 8. The van der Waals surface area contributed by atoms with Crippen LogP contribution in [-0.2, 0) is 30.3 Å². The predicted octanol–water partition coefficient (Wildman–Crippen LogP) is 6.14. The quantitative estimate of drug-likeness (QED) is 0.137. The number of hydrogen-bond donors (Lipinski definition) is 3. The fourth-order valence-electron chi connectivity index (χ4n) is 3.66. The maximum atomic E-state index is 11.8. The van der Waals surface area contributed by atoms with E-state index in [1.165, 1.54) is 5.57 Å². The molecule has 0 saturated carbocycles. The van der Waals surface area contributed by atoms with E-state index in [0.717, 1.165) is 29.5 Å². The molecule has 0 atom stereocenters. The number of carboxylic acids is 1. The number of benzene rings is 1. The minimum absolute atomic E-state index is 0.158. The number of esters is 2. The average molecular weight is 618 g/mol. The molecule has 1 aliphatic carbocycles. The zero-order valence-electron chi connectivity index (χ0n) is 25.7. The molecular weight excluding hydrogens is 574 g/mol. The van der Waals surface area contributed by atoms with Gasteiger partial charge < -0.3 is 20.0 Å². The van der Waals surface area contributed by atoms with E-state index in [-0.39, 0.29) is 23.9 Å². The Hall–Kier alpha value is -4.05. The van der Waals surface area contributed by atoms with E-state index in [0.29, 0.717) is 55.4 Å². The summed E-state index contributed by atoms with van der Waals surface area (Å²) in [7, 11) is 1.85. The lowest BCUT2D eigenvalue weighted by Gasteiger charge is -2.07. The Balaban J connectivity index is 0.000000695. The van der Waals surface area contributed by atoms with Crippen molar-refractivity contribution in [3.8, 4) is 0 Å². The number of aliphatic carboxylic acids is 1. The van der Waals surface area contributed by atoms with Crippen LogP contribution in [0, 0.1) is 0 Å². The highest BCUT2D eigenvalue weighted by atomic mass is 35.5. The van der Waals surface area contributed by atoms with Crippen LogP contribution in [0.15, 0.2) is 63.6 Å². The summed E-state index contributed by atoms with van der Waals surface area (Å²) in [6.45, 7) is 8.00. The lowest BCUT2D eigenvalue weighted by Crippen LogP contribution is -2.17. The fourth-order valence-corrected chi connectivity index (χ4v) is 3.90. The monoisotopic (exact) mass is 617 g/mol. The molecule has 4 rings (SSSR count). The molecule has 2 aromatic rings. The van der Waals surface area contributed by atoms with Crippen molar-refractivity contribution in [3.05, 3.63) is 74.8 Å². The minimum Gasteiger partial charge on any atom is -0.481 e. The summed E-state index contributed by atoms with van der Waals surface area (Å²) in [5.41, 5.74) is 2.82. The first-order valence-electron chi connectivity index (χ1n) is 14.5. The van der Waals surface area contributed by atoms with E-state index in [1.807, 2.05) is 71.2 Å². The summed E-state index contributed by atoms with van der Waals surface area (Å²) in [6, 6.07) is 7.53. The van der Waals surface area contributed by atoms with Crippen molar-refractivity contribution in [3.63, 3.8) is 0 Å². The molecule has 1 aliphatic heterocycles. The van der Waals surface area contributed by atoms with Gasteiger partial charge in [-0.25, -0.2) is 5.10 Å². The Labute approximate surface area is 258 Å². The first-order chi connectivity index (χ1) is 20.7. The first kappa shape index (κ1) is 39.0. The van der Waals surface area contributed by atoms with Gasteiger partial charge >= 0.3 is 17.9 Å². The van der Waals surface area contributed by atoms with Crippen molar-refractivity contribution >= 4 is 46.6 Å². The van der Waals surface area contributed by atoms with Crippen LogP contribution < -0.4 is 10.9 Å². The van der Waals surface area contributed by atoms with Crippen molar-refractivity contribution in [2.45, 2.75) is 85.5 Å². The summed E-state index contributed by atoms with van der Waals surface area (Å²) in [4.78, 5) is 51.9. The van der Waals surface area contributed by atoms with Crippen LogP contribution in [0.3, 0.4) is 0 Å². The summed E-state index contributed by atoms with van der Waals surface area (Å²) in [5, 5.41) is 20.3. The second-order valence-electron chi connectivity index (χ2n) is 8.64. The highest BCUT2D eigenvalue weighted by molar-refractivity contribution is 6.32. The lowest BCUT2D eigenvalue weighted by atomic mass is 10.0. The van der Waals surface area contributed by atoms with Crippen molar-refractivity contribution in [2.24, 2.45) is 0 Å². The number of aromatic nitrogens is 2. The molecule has 3 N–H and O–H groups in total. The minimum atomic E-state index is -0.791. The Morgan fingerprint density at radius 3 is 2.21 bits per heavy atom. The van der Waals surface area contributed by atoms with Crippen LogP contribution in [-0.4, -0.2) is 46.5 Å². The molecule has 0 amide bonds. The number of aldehydes is 1. The third-order valence-corrected chi connectivity index (χ3v) is 6.01. The predicted molar refractivity (Wildman–Crippen MR) is 170 cm³/mol. The first-order valence-corrected chi connectivity index (χ1v) is 14.9. The van der Waals surface area contributed by atoms with Gasteiger partial charge in [-0.3, -0.25) is 19.2 Å². The van der Waals surface area contributed by atoms with Gasteiger partial charge in [-0.15, -0.1) is 0 Å². The van der Waals surface area contributed by atoms with Gasteiger partial charge in [0.1, 0.15) is 6.29 Å². The molecule has 1 aromatic heterocycles. The van der Waals surface area contributed by atoms with E-state index in [1.54, 1.807) is 0 Å². The van der Waals surface area contributed by atoms with Gasteiger partial charge in [0.25, 0.3) is 5.56 Å². The van der Waals surface area contributed by atoms with E-state index in [9.17, 15) is 24.0 Å². The van der Waals surface area contributed by atoms with Crippen molar-refractivity contribution in [1.82, 2.24) is 15.5 Å². The number of carbonyl (C=O) groups excluding carboxylic acids is 3. The summed E-state index contributed by atoms with van der Waals surface area (Å²) in [6.07, 6.45) is 11.6. The van der Waals surface area contributed by atoms with Crippen molar-refractivity contribution in [2.75, 3.05) is 7.05 Å². The van der Waals surface area contributed by atoms with Crippen molar-refractivity contribution in [1.29, 1.82) is 0 Å². The molecule has 0 bridgehead atoms. The number of ether oxygens (including phenoxy) is 1. The van der Waals surface area contributed by atoms with Gasteiger partial charge in [-0.1, -0.05) is 75.2 Å². The van der Waals surface area contributed by atoms with Gasteiger partial charge in [0.15, 0.2) is 0 Å². The van der Waals surface area contributed by atoms with Crippen LogP contribution in [0.25, 0.3) is 10.8 Å². The molecule has 43 heavy (non-hydrogen) atoms. The highest BCUT2D eigenvalue weighted by Gasteiger charge is 2.16. The third kappa shape index (κ3) is 15.7. The van der Waals surface area contributed by atoms with Gasteiger partial charge in [-0.05, 0) is 37.8 Å². The number of cyclic esters (lactones) is 2. The number of halogens is 1. The number of fused-ring (bicyclic) bond motifs is 1. The Morgan fingerprint density at radius 2 is 1.67 bits per heavy atom. The van der Waals surface area contributed by atoms with Crippen LogP contribution in [0.4, 0.5) is 0 Å². The molecule has 11 heteroatoms. The number of carboxylic acid groups (broad SMARTS) is 1. The molecule has 2 heterocycles. The number of likely N-dealkylation sites (N-methyl/N-ethyl adjacent to an activating group) is 1. The smallest absolute Gasteiger partial charge is 0.313 e. The number of H-pyrrole nitrogens is 1. The lowest BCUT2D eigenvalue weighted by molar-refractivity contribution is -0.163. The topological polar surface area (TPSA) is 156 Å². The number of nitrogens with zero attached hydrogens (tertiary/aromatic N) is 1. The van der Waals surface area contributed by atoms with Crippen LogP contribution in [0.1, 0.15) is 84.8 Å². The number of nitrogens with one attached hydrogen (secondary N) is 2. The maximum absolute atomic E-state index is 11.8. The average Bonchev–Trinajstić information content (AvgIpc) is 3.20. The third-order valence-electron chi connectivity index (χ3n) is 5.68. The van der Waals surface area contributed by atoms with Gasteiger partial charge in [0.2, 0.25) is 0 Å². The molecule has 2 aliphatic rings. The number of unbranched alkanes of at least 4 members (excludes halogenated alkanes) is 2. The summed E-state index contributed by atoms with van der Waals surface area (Å²) in [5.74, 6) is -1.57. The van der Waals surface area contributed by atoms with Crippen LogP contribution in [0.5, 0.6) is 0 Å². The molecule has 0 spiro atoms. The molecule has 0 unspecified atom stereocenters. The standard InChI is InChI=1S/C17H16ClN3O.C6H10O3.C5H6O3.2C2H6/c1-19-15-9-7-11(6-8-14(15)18)10-16-12-4-2-3-5-13(12)17(22)21-20-16;7-5-3-1-2-4-6(8)9;6-4-2-1-3-5(7)8-4;2*1-2/h2-6,8-9,19H,7,10H2,1H3,(H,21,22);5H,1-4H2,(H,8,9);1-3H2;2*1-2H3. The molecule has 1 fully saturated rings. The number of carbonyl (C=O) groups is 4. The van der Waals surface area contributed by atoms with Gasteiger partial charge in [0, 0.05) is 50.2 Å². The van der Waals surface area contributed by atoms with Gasteiger partial charge in [0.05, 0.1) is 16.1 Å². The zero-order valence-corrected chi connectivity index (χ0v) is 26.5. The van der Waals surface area contributed by atoms with Gasteiger partial charge in [-0.2, -0.15) is 5.10 Å². The maximum Gasteiger partial charge on any atom is 0.313 e. The zero-order chi connectivity index (χ0) is 32.6. The normalized spacial score (nSPS) is 13.6. The molecular formula is C32H44ClN3O7. The molecule has 0 radical (unpaired) electrons. The van der Waals surface area contributed by atoms with E-state index < -0.39 is 5.97 Å². The largest absolute Gasteiger partial charge is 0.481 e. The number of allylic oxidation sites excluding steroid dienone is 5. The number of aromatic amines is 1. The van der Waals surface area contributed by atoms with Crippen LogP contribution >= 0.6 is 11.6 Å². The van der Waals surface area contributed by atoms with E-state index in [4.69, 9.17) is 16.7 Å². The fraction of sp³-hybridized carbons (Fsp3) is 0.438. The van der Waals surface area contributed by atoms with Crippen molar-refractivity contribution < 1.29 is 29.0 Å². The molecule has 1 saturated heterocycles. The van der Waals surface area contributed by atoms with Crippen LogP contribution in [0.2, 0.25) is 0 Å². The Bertz CT molecular complexity index is 1320. The second-order valence-corrected chi connectivity index (χ2v) is 9.05. The molecule has 236 valence electrons. The van der Waals surface area contributed by atoms with E-state index >= 15 is 0 Å². The number of rotatable bonds is 8. The van der Waals surface area contributed by atoms with E-state index in [2.05, 4.69) is 26.3 Å². The summed E-state index contributed by atoms with van der Waals surface area (Å²) >= 11 is 6.19. The molecule has 1 aromatic carbocycles. The second kappa shape index (κ2) is 23.5. The molecule has 10 nitrogen and oxygen atoms in total. The SMILES string of the molecule is CC.CC.CNC1=CCC(Cc2n[nH]c(=O)c3ccccc23)=CC=C1Cl.O=C1CCCC(=O)O1.O=CCCCCC(=O)O. The highest BCUT2D eigenvalue weighted by Crippen LogP contribution is 2.23.